The van der Waals surface area contributed by atoms with Gasteiger partial charge < -0.3 is 15.2 Å². The minimum Gasteiger partial charge on any atom is -0.493 e. The number of anilines is 1. The fourth-order valence-corrected chi connectivity index (χ4v) is 5.07. The first-order valence-corrected chi connectivity index (χ1v) is 13.9. The molecule has 4 aromatic carbocycles. The van der Waals surface area contributed by atoms with Gasteiger partial charge in [-0.3, -0.25) is 9.69 Å². The number of halogens is 4. The smallest absolute Gasteiger partial charge is 0.417 e. The zero-order chi connectivity index (χ0) is 30.0. The molecule has 0 aliphatic rings. The monoisotopic (exact) mass is 596 g/mol. The summed E-state index contributed by atoms with van der Waals surface area (Å²) in [6.45, 7) is 1.47. The van der Waals surface area contributed by atoms with Crippen LogP contribution in [0, 0.1) is 0 Å². The number of carboxylic acid groups (broad SMARTS) is 1. The number of nitrogens with zero attached hydrogens (tertiary/aromatic N) is 1. The van der Waals surface area contributed by atoms with Gasteiger partial charge in [0.25, 0.3) is 0 Å². The number of benzene rings is 4. The molecule has 0 heterocycles. The van der Waals surface area contributed by atoms with Crippen molar-refractivity contribution in [1.29, 1.82) is 0 Å². The summed E-state index contributed by atoms with van der Waals surface area (Å²) in [5, 5.41) is 11.4. The lowest BCUT2D eigenvalue weighted by Crippen LogP contribution is -2.31. The number of ether oxygens (including phenoxy) is 1. The Hall–Kier alpha value is -4.01. The van der Waals surface area contributed by atoms with Crippen molar-refractivity contribution < 1.29 is 27.8 Å². The van der Waals surface area contributed by atoms with Gasteiger partial charge in [-0.2, -0.15) is 13.2 Å². The standard InChI is InChI=1S/C33H32ClF3N2O3/c34-32-26(14-7-17-30(32)33(35,36)37)22-39(18-9-19-42-28-16-8-15-27(20-28)38-21-31(40)41)23-29(24-10-3-1-4-11-24)25-12-5-2-6-13-25/h1-8,10-17,20,29,38H,9,18-19,21-23H2,(H,40,41). The number of rotatable bonds is 14. The molecule has 0 spiro atoms. The predicted molar refractivity (Wildman–Crippen MR) is 159 cm³/mol. The number of carbonyl (C=O) groups is 1. The van der Waals surface area contributed by atoms with Gasteiger partial charge in [-0.1, -0.05) is 90.5 Å². The maximum Gasteiger partial charge on any atom is 0.417 e. The Bertz CT molecular complexity index is 1400. The number of aliphatic carboxylic acids is 1. The van der Waals surface area contributed by atoms with Crippen LogP contribution in [-0.4, -0.2) is 42.2 Å². The Morgan fingerprint density at radius 3 is 2.17 bits per heavy atom. The lowest BCUT2D eigenvalue weighted by Gasteiger charge is -2.29. The van der Waals surface area contributed by atoms with Crippen LogP contribution >= 0.6 is 11.6 Å². The fourth-order valence-electron chi connectivity index (χ4n) is 4.78. The van der Waals surface area contributed by atoms with Gasteiger partial charge >= 0.3 is 12.1 Å². The Kier molecular flexibility index (Phi) is 10.9. The number of hydrogen-bond acceptors (Lipinski definition) is 4. The second-order valence-electron chi connectivity index (χ2n) is 9.86. The van der Waals surface area contributed by atoms with Crippen LogP contribution in [0.15, 0.2) is 103 Å². The van der Waals surface area contributed by atoms with E-state index in [0.717, 1.165) is 17.2 Å². The molecule has 0 bridgehead atoms. The first-order chi connectivity index (χ1) is 20.2. The molecule has 0 amide bonds. The molecule has 0 aliphatic carbocycles. The van der Waals surface area contributed by atoms with Crippen molar-refractivity contribution in [2.45, 2.75) is 25.1 Å². The Labute approximate surface area is 248 Å². The molecule has 0 saturated heterocycles. The van der Waals surface area contributed by atoms with E-state index in [2.05, 4.69) is 34.5 Å². The topological polar surface area (TPSA) is 61.8 Å². The number of alkyl halides is 3. The van der Waals surface area contributed by atoms with Gasteiger partial charge in [0.2, 0.25) is 0 Å². The van der Waals surface area contributed by atoms with Crippen molar-refractivity contribution >= 4 is 23.3 Å². The largest absolute Gasteiger partial charge is 0.493 e. The van der Waals surface area contributed by atoms with E-state index < -0.39 is 17.7 Å². The summed E-state index contributed by atoms with van der Waals surface area (Å²) in [6.07, 6.45) is -3.95. The molecule has 0 unspecified atom stereocenters. The highest BCUT2D eigenvalue weighted by atomic mass is 35.5. The molecular formula is C33H32ClF3N2O3. The number of nitrogens with one attached hydrogen (secondary N) is 1. The summed E-state index contributed by atoms with van der Waals surface area (Å²) in [4.78, 5) is 13.0. The van der Waals surface area contributed by atoms with Crippen LogP contribution in [0.5, 0.6) is 5.75 Å². The van der Waals surface area contributed by atoms with Gasteiger partial charge in [-0.05, 0) is 41.3 Å². The third kappa shape index (κ3) is 8.99. The molecule has 0 aromatic heterocycles. The Morgan fingerprint density at radius 1 is 0.905 bits per heavy atom. The second-order valence-corrected chi connectivity index (χ2v) is 10.2. The van der Waals surface area contributed by atoms with E-state index in [1.165, 1.54) is 6.07 Å². The molecule has 2 N–H and O–H groups in total. The summed E-state index contributed by atoms with van der Waals surface area (Å²) in [5.41, 5.74) is 2.40. The van der Waals surface area contributed by atoms with E-state index in [0.29, 0.717) is 43.1 Å². The average molecular weight is 597 g/mol. The van der Waals surface area contributed by atoms with Crippen LogP contribution in [0.2, 0.25) is 5.02 Å². The summed E-state index contributed by atoms with van der Waals surface area (Å²) in [6, 6.07) is 31.1. The maximum atomic E-state index is 13.6. The van der Waals surface area contributed by atoms with Gasteiger partial charge in [0, 0.05) is 37.3 Å². The van der Waals surface area contributed by atoms with Gasteiger partial charge in [0.05, 0.1) is 17.2 Å². The van der Waals surface area contributed by atoms with Crippen LogP contribution in [0.4, 0.5) is 18.9 Å². The minimum absolute atomic E-state index is 0.0186. The molecular weight excluding hydrogens is 565 g/mol. The molecule has 0 aliphatic heterocycles. The first kappa shape index (κ1) is 30.9. The van der Waals surface area contributed by atoms with Crippen molar-refractivity contribution in [2.24, 2.45) is 0 Å². The molecule has 0 saturated carbocycles. The highest BCUT2D eigenvalue weighted by Crippen LogP contribution is 2.37. The second kappa shape index (κ2) is 14.8. The summed E-state index contributed by atoms with van der Waals surface area (Å²) < 4.78 is 46.7. The van der Waals surface area contributed by atoms with Gasteiger partial charge in [0.1, 0.15) is 12.3 Å². The van der Waals surface area contributed by atoms with Crippen molar-refractivity contribution in [3.05, 3.63) is 130 Å². The average Bonchev–Trinajstić information content (AvgIpc) is 2.98. The van der Waals surface area contributed by atoms with Crippen LogP contribution in [-0.2, 0) is 17.5 Å². The third-order valence-electron chi connectivity index (χ3n) is 6.79. The summed E-state index contributed by atoms with van der Waals surface area (Å²) >= 11 is 6.30. The molecule has 9 heteroatoms. The lowest BCUT2D eigenvalue weighted by atomic mass is 9.90. The van der Waals surface area contributed by atoms with Gasteiger partial charge in [-0.25, -0.2) is 0 Å². The molecule has 0 fully saturated rings. The van der Waals surface area contributed by atoms with Crippen molar-refractivity contribution in [3.8, 4) is 5.75 Å². The van der Waals surface area contributed by atoms with E-state index in [9.17, 15) is 18.0 Å². The SMILES string of the molecule is O=C(O)CNc1cccc(OCCCN(Cc2cccc(C(F)(F)F)c2Cl)CC(c2ccccc2)c2ccccc2)c1. The van der Waals surface area contributed by atoms with E-state index in [1.54, 1.807) is 30.3 Å². The third-order valence-corrected chi connectivity index (χ3v) is 7.23. The van der Waals surface area contributed by atoms with Crippen LogP contribution < -0.4 is 10.1 Å². The predicted octanol–water partition coefficient (Wildman–Crippen LogP) is 7.96. The Morgan fingerprint density at radius 2 is 1.55 bits per heavy atom. The van der Waals surface area contributed by atoms with E-state index in [-0.39, 0.29) is 24.0 Å². The molecule has 42 heavy (non-hydrogen) atoms. The molecule has 0 atom stereocenters. The van der Waals surface area contributed by atoms with Crippen LogP contribution in [0.3, 0.4) is 0 Å². The highest BCUT2D eigenvalue weighted by Gasteiger charge is 2.34. The summed E-state index contributed by atoms with van der Waals surface area (Å²) in [5.74, 6) is -0.397. The summed E-state index contributed by atoms with van der Waals surface area (Å²) in [7, 11) is 0. The van der Waals surface area contributed by atoms with Crippen molar-refractivity contribution in [2.75, 3.05) is 31.6 Å². The van der Waals surface area contributed by atoms with Crippen molar-refractivity contribution in [1.82, 2.24) is 4.90 Å². The van der Waals surface area contributed by atoms with Gasteiger partial charge in [0.15, 0.2) is 0 Å². The number of hydrogen-bond donors (Lipinski definition) is 2. The Balaban J connectivity index is 1.52. The lowest BCUT2D eigenvalue weighted by molar-refractivity contribution is -0.137. The normalized spacial score (nSPS) is 11.6. The first-order valence-electron chi connectivity index (χ1n) is 13.6. The quantitative estimate of drug-likeness (QED) is 0.145. The van der Waals surface area contributed by atoms with E-state index >= 15 is 0 Å². The van der Waals surface area contributed by atoms with E-state index in [4.69, 9.17) is 21.4 Å². The zero-order valence-electron chi connectivity index (χ0n) is 22.9. The molecule has 4 rings (SSSR count). The molecule has 4 aromatic rings. The van der Waals surface area contributed by atoms with Gasteiger partial charge in [-0.15, -0.1) is 0 Å². The van der Waals surface area contributed by atoms with E-state index in [1.807, 2.05) is 36.4 Å². The van der Waals surface area contributed by atoms with Crippen LogP contribution in [0.25, 0.3) is 0 Å². The van der Waals surface area contributed by atoms with Crippen molar-refractivity contribution in [3.63, 3.8) is 0 Å². The molecule has 5 nitrogen and oxygen atoms in total. The highest BCUT2D eigenvalue weighted by molar-refractivity contribution is 6.32. The number of carboxylic acids is 1. The van der Waals surface area contributed by atoms with Crippen LogP contribution in [0.1, 0.15) is 34.6 Å². The molecule has 220 valence electrons. The fraction of sp³-hybridized carbons (Fsp3) is 0.242. The maximum absolute atomic E-state index is 13.6. The molecule has 0 radical (unpaired) electrons. The zero-order valence-corrected chi connectivity index (χ0v) is 23.6. The minimum atomic E-state index is -4.55.